The molecular weight excluding hydrogens is 392 g/mol. The van der Waals surface area contributed by atoms with Crippen molar-refractivity contribution in [3.8, 4) is 11.3 Å². The van der Waals surface area contributed by atoms with Crippen molar-refractivity contribution in [2.45, 2.75) is 33.2 Å². The van der Waals surface area contributed by atoms with E-state index in [0.717, 1.165) is 34.0 Å². The smallest absolute Gasteiger partial charge is 0.220 e. The maximum Gasteiger partial charge on any atom is 0.220 e. The van der Waals surface area contributed by atoms with Gasteiger partial charge in [0.05, 0.1) is 18.5 Å². The largest absolute Gasteiger partial charge is 0.467 e. The van der Waals surface area contributed by atoms with Gasteiger partial charge in [0.25, 0.3) is 0 Å². The Hall–Kier alpha value is -3.94. The molecule has 0 aliphatic heterocycles. The average Bonchev–Trinajstić information content (AvgIpc) is 3.51. The number of aryl methyl sites for hydroxylation is 3. The van der Waals surface area contributed by atoms with Crippen LogP contribution in [0.3, 0.4) is 0 Å². The zero-order valence-electron chi connectivity index (χ0n) is 17.4. The highest BCUT2D eigenvalue weighted by molar-refractivity contribution is 5.78. The molecule has 4 aromatic heterocycles. The SMILES string of the molecule is Cc1ccc(C)c(-c2cc3c4nnc(CCC(=O)NCc5ccco5)n4ccn3n2)c1. The van der Waals surface area contributed by atoms with Crippen molar-refractivity contribution >= 4 is 17.1 Å². The first-order chi connectivity index (χ1) is 15.1. The molecule has 0 aliphatic rings. The van der Waals surface area contributed by atoms with Crippen LogP contribution in [0.5, 0.6) is 0 Å². The fourth-order valence-corrected chi connectivity index (χ4v) is 3.69. The predicted octanol–water partition coefficient (Wildman–Crippen LogP) is 3.50. The van der Waals surface area contributed by atoms with Crippen LogP contribution in [0.25, 0.3) is 22.4 Å². The fourth-order valence-electron chi connectivity index (χ4n) is 3.69. The van der Waals surface area contributed by atoms with Crippen molar-refractivity contribution in [1.82, 2.24) is 29.5 Å². The summed E-state index contributed by atoms with van der Waals surface area (Å²) >= 11 is 0. The van der Waals surface area contributed by atoms with E-state index in [4.69, 9.17) is 9.52 Å². The molecule has 0 bridgehead atoms. The van der Waals surface area contributed by atoms with Gasteiger partial charge >= 0.3 is 0 Å². The number of rotatable bonds is 6. The van der Waals surface area contributed by atoms with E-state index in [2.05, 4.69) is 47.6 Å². The minimum atomic E-state index is -0.0595. The zero-order valence-corrected chi connectivity index (χ0v) is 17.4. The third-order valence-corrected chi connectivity index (χ3v) is 5.37. The highest BCUT2D eigenvalue weighted by Gasteiger charge is 2.14. The lowest BCUT2D eigenvalue weighted by molar-refractivity contribution is -0.121. The molecule has 1 amide bonds. The van der Waals surface area contributed by atoms with Crippen LogP contribution >= 0.6 is 0 Å². The van der Waals surface area contributed by atoms with Crippen LogP contribution in [0.2, 0.25) is 0 Å². The first kappa shape index (κ1) is 19.0. The summed E-state index contributed by atoms with van der Waals surface area (Å²) in [5.41, 5.74) is 5.97. The van der Waals surface area contributed by atoms with Crippen molar-refractivity contribution in [2.75, 3.05) is 0 Å². The first-order valence-electron chi connectivity index (χ1n) is 10.2. The molecule has 1 aromatic carbocycles. The highest BCUT2D eigenvalue weighted by Crippen LogP contribution is 2.26. The summed E-state index contributed by atoms with van der Waals surface area (Å²) in [5.74, 6) is 1.40. The van der Waals surface area contributed by atoms with Crippen molar-refractivity contribution in [2.24, 2.45) is 0 Å². The Bertz CT molecular complexity index is 1380. The first-order valence-corrected chi connectivity index (χ1v) is 10.2. The summed E-state index contributed by atoms with van der Waals surface area (Å²) in [4.78, 5) is 12.2. The van der Waals surface area contributed by atoms with Gasteiger partial charge in [0, 0.05) is 30.8 Å². The van der Waals surface area contributed by atoms with E-state index in [1.165, 1.54) is 11.1 Å². The standard InChI is InChI=1S/C23H22N6O2/c1-15-5-6-16(2)18(12-15)19-13-20-23-26-25-21(28(23)9-10-29(20)27-19)7-8-22(30)24-14-17-4-3-11-31-17/h3-6,9-13H,7-8,14H2,1-2H3,(H,24,30). The highest BCUT2D eigenvalue weighted by atomic mass is 16.3. The second-order valence-electron chi connectivity index (χ2n) is 7.64. The van der Waals surface area contributed by atoms with Crippen LogP contribution in [0.1, 0.15) is 29.1 Å². The third kappa shape index (κ3) is 3.68. The molecule has 156 valence electrons. The lowest BCUT2D eigenvalue weighted by Gasteiger charge is -2.03. The van der Waals surface area contributed by atoms with Gasteiger partial charge in [-0.25, -0.2) is 4.52 Å². The number of benzene rings is 1. The zero-order chi connectivity index (χ0) is 21.4. The van der Waals surface area contributed by atoms with E-state index in [0.29, 0.717) is 19.4 Å². The summed E-state index contributed by atoms with van der Waals surface area (Å²) in [5, 5.41) is 16.3. The summed E-state index contributed by atoms with van der Waals surface area (Å²) in [6.07, 6.45) is 6.17. The van der Waals surface area contributed by atoms with Gasteiger partial charge in [0.15, 0.2) is 5.65 Å². The molecule has 0 radical (unpaired) electrons. The van der Waals surface area contributed by atoms with Gasteiger partial charge in [0.2, 0.25) is 5.91 Å². The van der Waals surface area contributed by atoms with Gasteiger partial charge in [0.1, 0.15) is 17.1 Å². The summed E-state index contributed by atoms with van der Waals surface area (Å²) in [7, 11) is 0. The molecule has 0 saturated carbocycles. The van der Waals surface area contributed by atoms with Crippen molar-refractivity contribution in [3.63, 3.8) is 0 Å². The Kier molecular flexibility index (Phi) is 4.74. The molecule has 0 unspecified atom stereocenters. The van der Waals surface area contributed by atoms with Crippen LogP contribution in [0, 0.1) is 13.8 Å². The lowest BCUT2D eigenvalue weighted by atomic mass is 10.0. The van der Waals surface area contributed by atoms with Crippen molar-refractivity contribution < 1.29 is 9.21 Å². The van der Waals surface area contributed by atoms with Crippen LogP contribution < -0.4 is 5.32 Å². The van der Waals surface area contributed by atoms with Crippen molar-refractivity contribution in [1.29, 1.82) is 0 Å². The predicted molar refractivity (Wildman–Crippen MR) is 116 cm³/mol. The van der Waals surface area contributed by atoms with Gasteiger partial charge < -0.3 is 9.73 Å². The number of furan rings is 1. The molecule has 31 heavy (non-hydrogen) atoms. The number of aromatic nitrogens is 5. The summed E-state index contributed by atoms with van der Waals surface area (Å²) < 4.78 is 8.97. The van der Waals surface area contributed by atoms with E-state index in [-0.39, 0.29) is 5.91 Å². The Balaban J connectivity index is 1.37. The number of amides is 1. The molecule has 1 N–H and O–H groups in total. The molecule has 8 nitrogen and oxygen atoms in total. The molecular formula is C23H22N6O2. The summed E-state index contributed by atoms with van der Waals surface area (Å²) in [6, 6.07) is 12.0. The van der Waals surface area contributed by atoms with Crippen LogP contribution in [0.15, 0.2) is 59.5 Å². The average molecular weight is 414 g/mol. The minimum Gasteiger partial charge on any atom is -0.467 e. The number of hydrogen-bond donors (Lipinski definition) is 1. The van der Waals surface area contributed by atoms with E-state index in [1.807, 2.05) is 33.4 Å². The lowest BCUT2D eigenvalue weighted by Crippen LogP contribution is -2.23. The van der Waals surface area contributed by atoms with Crippen LogP contribution in [0.4, 0.5) is 0 Å². The van der Waals surface area contributed by atoms with Gasteiger partial charge in [-0.1, -0.05) is 17.7 Å². The number of hydrogen-bond acceptors (Lipinski definition) is 5. The Morgan fingerprint density at radius 2 is 2.03 bits per heavy atom. The molecule has 4 heterocycles. The van der Waals surface area contributed by atoms with E-state index in [9.17, 15) is 4.79 Å². The number of carbonyl (C=O) groups excluding carboxylic acids is 1. The second kappa shape index (κ2) is 7.71. The van der Waals surface area contributed by atoms with Crippen LogP contribution in [-0.4, -0.2) is 30.1 Å². The van der Waals surface area contributed by atoms with E-state index < -0.39 is 0 Å². The van der Waals surface area contributed by atoms with Gasteiger partial charge in [-0.15, -0.1) is 10.2 Å². The normalized spacial score (nSPS) is 11.4. The Labute approximate surface area is 178 Å². The Morgan fingerprint density at radius 1 is 1.13 bits per heavy atom. The molecule has 0 aliphatic carbocycles. The minimum absolute atomic E-state index is 0.0595. The quantitative estimate of drug-likeness (QED) is 0.459. The van der Waals surface area contributed by atoms with Crippen LogP contribution in [-0.2, 0) is 17.8 Å². The number of carbonyl (C=O) groups is 1. The van der Waals surface area contributed by atoms with Gasteiger partial charge in [-0.05, 0) is 43.7 Å². The van der Waals surface area contributed by atoms with E-state index in [1.54, 1.807) is 12.3 Å². The molecule has 0 atom stereocenters. The molecule has 5 rings (SSSR count). The topological polar surface area (TPSA) is 89.7 Å². The van der Waals surface area contributed by atoms with Gasteiger partial charge in [-0.3, -0.25) is 9.20 Å². The molecule has 0 fully saturated rings. The van der Waals surface area contributed by atoms with Gasteiger partial charge in [-0.2, -0.15) is 5.10 Å². The summed E-state index contributed by atoms with van der Waals surface area (Å²) in [6.45, 7) is 4.54. The molecule has 5 aromatic rings. The second-order valence-corrected chi connectivity index (χ2v) is 7.64. The molecule has 0 saturated heterocycles. The maximum atomic E-state index is 12.2. The monoisotopic (exact) mass is 414 g/mol. The number of fused-ring (bicyclic) bond motifs is 3. The molecule has 8 heteroatoms. The maximum absolute atomic E-state index is 12.2. The number of nitrogens with one attached hydrogen (secondary N) is 1. The van der Waals surface area contributed by atoms with E-state index >= 15 is 0 Å². The Morgan fingerprint density at radius 3 is 2.87 bits per heavy atom. The third-order valence-electron chi connectivity index (χ3n) is 5.37. The van der Waals surface area contributed by atoms with Crippen molar-refractivity contribution in [3.05, 3.63) is 77.8 Å². The molecule has 0 spiro atoms. The fraction of sp³-hybridized carbons (Fsp3) is 0.217. The number of nitrogens with zero attached hydrogens (tertiary/aromatic N) is 5.